The van der Waals surface area contributed by atoms with Gasteiger partial charge in [0.05, 0.1) is 22.6 Å². The van der Waals surface area contributed by atoms with Gasteiger partial charge in [0, 0.05) is 19.0 Å². The van der Waals surface area contributed by atoms with Gasteiger partial charge in [-0.15, -0.1) is 0 Å². The molecular formula is C23H23FN4O. The number of fused-ring (bicyclic) bond motifs is 1. The van der Waals surface area contributed by atoms with Crippen molar-refractivity contribution in [1.82, 2.24) is 14.3 Å². The molecule has 6 heteroatoms. The number of nitrogens with zero attached hydrogens (tertiary/aromatic N) is 3. The fourth-order valence-electron chi connectivity index (χ4n) is 3.67. The van der Waals surface area contributed by atoms with E-state index in [0.717, 1.165) is 35.4 Å². The first kappa shape index (κ1) is 18.9. The molecule has 0 bridgehead atoms. The third kappa shape index (κ3) is 3.66. The average Bonchev–Trinajstić information content (AvgIpc) is 3.18. The second kappa shape index (κ2) is 7.54. The maximum Gasteiger partial charge on any atom is 0.272 e. The van der Waals surface area contributed by atoms with Gasteiger partial charge in [0.15, 0.2) is 0 Å². The minimum absolute atomic E-state index is 0.238. The SMILES string of the molecule is Cc1nn(CCc2ccccc2)c(C)c1NC(=O)c1cc2ccc(F)cc2n1C. The number of hydrogen-bond donors (Lipinski definition) is 1. The van der Waals surface area contributed by atoms with Crippen LogP contribution in [0.4, 0.5) is 10.1 Å². The van der Waals surface area contributed by atoms with Gasteiger partial charge in [0.2, 0.25) is 0 Å². The Labute approximate surface area is 168 Å². The predicted molar refractivity (Wildman–Crippen MR) is 113 cm³/mol. The summed E-state index contributed by atoms with van der Waals surface area (Å²) in [6.07, 6.45) is 0.866. The molecule has 0 aliphatic carbocycles. The molecule has 0 unspecified atom stereocenters. The molecule has 4 aromatic rings. The molecule has 2 heterocycles. The topological polar surface area (TPSA) is 51.9 Å². The number of benzene rings is 2. The van der Waals surface area contributed by atoms with Crippen LogP contribution in [0.15, 0.2) is 54.6 Å². The Kier molecular flexibility index (Phi) is 4.92. The number of carbonyl (C=O) groups is 1. The largest absolute Gasteiger partial charge is 0.340 e. The van der Waals surface area contributed by atoms with E-state index in [2.05, 4.69) is 22.5 Å². The summed E-state index contributed by atoms with van der Waals surface area (Å²) < 4.78 is 17.2. The van der Waals surface area contributed by atoms with Crippen molar-refractivity contribution < 1.29 is 9.18 Å². The fraction of sp³-hybridized carbons (Fsp3) is 0.217. The van der Waals surface area contributed by atoms with E-state index in [-0.39, 0.29) is 11.7 Å². The highest BCUT2D eigenvalue weighted by atomic mass is 19.1. The summed E-state index contributed by atoms with van der Waals surface area (Å²) in [5, 5.41) is 8.41. The Morgan fingerprint density at radius 3 is 2.62 bits per heavy atom. The first-order chi connectivity index (χ1) is 13.9. The van der Waals surface area contributed by atoms with Crippen LogP contribution < -0.4 is 5.32 Å². The molecule has 4 rings (SSSR count). The number of hydrogen-bond acceptors (Lipinski definition) is 2. The summed E-state index contributed by atoms with van der Waals surface area (Å²) >= 11 is 0. The predicted octanol–water partition coefficient (Wildman–Crippen LogP) is 4.63. The number of rotatable bonds is 5. The van der Waals surface area contributed by atoms with Crippen molar-refractivity contribution in [2.45, 2.75) is 26.8 Å². The molecule has 1 amide bonds. The molecule has 0 radical (unpaired) electrons. The Morgan fingerprint density at radius 2 is 1.86 bits per heavy atom. The van der Waals surface area contributed by atoms with Crippen LogP contribution in [0.3, 0.4) is 0 Å². The van der Waals surface area contributed by atoms with Crippen molar-refractivity contribution >= 4 is 22.5 Å². The van der Waals surface area contributed by atoms with Gasteiger partial charge in [-0.05, 0) is 50.1 Å². The molecule has 2 aromatic heterocycles. The molecule has 0 aliphatic rings. The van der Waals surface area contributed by atoms with Gasteiger partial charge in [-0.3, -0.25) is 9.48 Å². The Morgan fingerprint density at radius 1 is 1.10 bits per heavy atom. The lowest BCUT2D eigenvalue weighted by Gasteiger charge is -2.08. The molecule has 0 spiro atoms. The van der Waals surface area contributed by atoms with Crippen molar-refractivity contribution in [2.75, 3.05) is 5.32 Å². The lowest BCUT2D eigenvalue weighted by molar-refractivity contribution is 0.101. The zero-order chi connectivity index (χ0) is 20.5. The lowest BCUT2D eigenvalue weighted by Crippen LogP contribution is -2.16. The second-order valence-corrected chi connectivity index (χ2v) is 7.25. The van der Waals surface area contributed by atoms with Gasteiger partial charge in [-0.25, -0.2) is 4.39 Å². The van der Waals surface area contributed by atoms with Crippen molar-refractivity contribution in [3.8, 4) is 0 Å². The van der Waals surface area contributed by atoms with Gasteiger partial charge >= 0.3 is 0 Å². The van der Waals surface area contributed by atoms with E-state index in [9.17, 15) is 9.18 Å². The molecule has 0 fully saturated rings. The van der Waals surface area contributed by atoms with Crippen LogP contribution in [-0.4, -0.2) is 20.3 Å². The fourth-order valence-corrected chi connectivity index (χ4v) is 3.67. The van der Waals surface area contributed by atoms with E-state index in [4.69, 9.17) is 0 Å². The van der Waals surface area contributed by atoms with E-state index in [1.54, 1.807) is 23.7 Å². The molecule has 2 aromatic carbocycles. The minimum atomic E-state index is -0.322. The Balaban J connectivity index is 1.56. The highest BCUT2D eigenvalue weighted by Crippen LogP contribution is 2.24. The second-order valence-electron chi connectivity index (χ2n) is 7.25. The van der Waals surface area contributed by atoms with Crippen molar-refractivity contribution in [3.05, 3.63) is 83.1 Å². The molecule has 1 N–H and O–H groups in total. The monoisotopic (exact) mass is 390 g/mol. The lowest BCUT2D eigenvalue weighted by atomic mass is 10.1. The van der Waals surface area contributed by atoms with Crippen LogP contribution in [0.2, 0.25) is 0 Å². The quantitative estimate of drug-likeness (QED) is 0.540. The number of anilines is 1. The van der Waals surface area contributed by atoms with Crippen molar-refractivity contribution in [2.24, 2.45) is 7.05 Å². The molecular weight excluding hydrogens is 367 g/mol. The maximum atomic E-state index is 13.6. The highest BCUT2D eigenvalue weighted by molar-refractivity contribution is 6.06. The Hall–Kier alpha value is -3.41. The van der Waals surface area contributed by atoms with Crippen LogP contribution in [0.1, 0.15) is 27.4 Å². The van der Waals surface area contributed by atoms with E-state index in [1.807, 2.05) is 36.7 Å². The number of amides is 1. The standard InChI is InChI=1S/C23H23FN4O/c1-15-22(16(2)28(26-15)12-11-17-7-5-4-6-8-17)25-23(29)21-13-18-9-10-19(24)14-20(18)27(21)3/h4-10,13-14H,11-12H2,1-3H3,(H,25,29). The molecule has 29 heavy (non-hydrogen) atoms. The van der Waals surface area contributed by atoms with Gasteiger partial charge in [-0.2, -0.15) is 5.10 Å². The van der Waals surface area contributed by atoms with Crippen molar-refractivity contribution in [3.63, 3.8) is 0 Å². The van der Waals surface area contributed by atoms with Gasteiger partial charge < -0.3 is 9.88 Å². The minimum Gasteiger partial charge on any atom is -0.340 e. The van der Waals surface area contributed by atoms with Crippen LogP contribution in [0.5, 0.6) is 0 Å². The van der Waals surface area contributed by atoms with E-state index in [1.165, 1.54) is 17.7 Å². The third-order valence-corrected chi connectivity index (χ3v) is 5.32. The zero-order valence-corrected chi connectivity index (χ0v) is 16.7. The van der Waals surface area contributed by atoms with Crippen LogP contribution in [0, 0.1) is 19.7 Å². The molecule has 148 valence electrons. The average molecular weight is 390 g/mol. The number of aromatic nitrogens is 3. The Bertz CT molecular complexity index is 1190. The highest BCUT2D eigenvalue weighted by Gasteiger charge is 2.18. The maximum absolute atomic E-state index is 13.6. The van der Waals surface area contributed by atoms with Gasteiger partial charge in [-0.1, -0.05) is 30.3 Å². The van der Waals surface area contributed by atoms with E-state index >= 15 is 0 Å². The zero-order valence-electron chi connectivity index (χ0n) is 16.7. The summed E-state index contributed by atoms with van der Waals surface area (Å²) in [5.41, 5.74) is 4.81. The normalized spacial score (nSPS) is 11.2. The summed E-state index contributed by atoms with van der Waals surface area (Å²) in [5.74, 6) is -0.560. The summed E-state index contributed by atoms with van der Waals surface area (Å²) in [6.45, 7) is 4.58. The number of carbonyl (C=O) groups excluding carboxylic acids is 1. The van der Waals surface area contributed by atoms with Crippen LogP contribution >= 0.6 is 0 Å². The van der Waals surface area contributed by atoms with Crippen molar-refractivity contribution in [1.29, 1.82) is 0 Å². The molecule has 0 saturated heterocycles. The van der Waals surface area contributed by atoms with E-state index < -0.39 is 0 Å². The number of aryl methyl sites for hydroxylation is 4. The summed E-state index contributed by atoms with van der Waals surface area (Å²) in [6, 6.07) is 16.5. The first-order valence-electron chi connectivity index (χ1n) is 9.58. The third-order valence-electron chi connectivity index (χ3n) is 5.32. The molecule has 0 saturated carbocycles. The number of halogens is 1. The van der Waals surface area contributed by atoms with Gasteiger partial charge in [0.25, 0.3) is 5.91 Å². The first-order valence-corrected chi connectivity index (χ1v) is 9.58. The van der Waals surface area contributed by atoms with Crippen LogP contribution in [0.25, 0.3) is 10.9 Å². The van der Waals surface area contributed by atoms with E-state index in [0.29, 0.717) is 11.2 Å². The van der Waals surface area contributed by atoms with Crippen LogP contribution in [-0.2, 0) is 20.0 Å². The summed E-state index contributed by atoms with van der Waals surface area (Å²) in [7, 11) is 1.76. The smallest absolute Gasteiger partial charge is 0.272 e. The van der Waals surface area contributed by atoms with Gasteiger partial charge in [0.1, 0.15) is 11.5 Å². The molecule has 0 aliphatic heterocycles. The molecule has 0 atom stereocenters. The number of nitrogens with one attached hydrogen (secondary N) is 1. The summed E-state index contributed by atoms with van der Waals surface area (Å²) in [4.78, 5) is 12.9. The molecule has 5 nitrogen and oxygen atoms in total.